The molecule has 0 unspecified atom stereocenters. The van der Waals surface area contributed by atoms with Gasteiger partial charge in [-0.25, -0.2) is 0 Å². The molecule has 1 amide bonds. The molecule has 3 N–H and O–H groups in total. The molecule has 20 heavy (non-hydrogen) atoms. The number of rotatable bonds is 4. The first kappa shape index (κ1) is 16.2. The van der Waals surface area contributed by atoms with Gasteiger partial charge in [-0.3, -0.25) is 4.79 Å². The third-order valence-corrected chi connectivity index (χ3v) is 2.81. The van der Waals surface area contributed by atoms with E-state index >= 15 is 0 Å². The fraction of sp³-hybridized carbons (Fsp3) is 0.286. The van der Waals surface area contributed by atoms with E-state index in [4.69, 9.17) is 10.3 Å². The quantitative estimate of drug-likeness (QED) is 0.905. The molecular formula is C14H18ClN3O2. The van der Waals surface area contributed by atoms with Gasteiger partial charge in [0, 0.05) is 24.2 Å². The van der Waals surface area contributed by atoms with Crippen LogP contribution in [0, 0.1) is 6.92 Å². The molecule has 2 rings (SSSR count). The van der Waals surface area contributed by atoms with Crippen LogP contribution in [0.25, 0.3) is 11.3 Å². The van der Waals surface area contributed by atoms with Crippen LogP contribution in [0.3, 0.4) is 0 Å². The number of carbonyl (C=O) groups excluding carboxylic acids is 1. The second kappa shape index (κ2) is 7.07. The largest absolute Gasteiger partial charge is 0.350 e. The third-order valence-electron chi connectivity index (χ3n) is 2.81. The highest BCUT2D eigenvalue weighted by molar-refractivity contribution is 5.92. The number of nitrogens with one attached hydrogen (secondary N) is 1. The lowest BCUT2D eigenvalue weighted by molar-refractivity contribution is 0.0904. The standard InChI is InChI=1S/C14H17N3O2.ClH/c1-9-3-5-11(6-4-9)12-7-13(19-17-12)14(18)16-10(2)8-15;/h3-7,10H,8,15H2,1-2H3,(H,16,18);1H/t10-;/m0./s1. The van der Waals surface area contributed by atoms with Crippen molar-refractivity contribution in [3.8, 4) is 11.3 Å². The molecular weight excluding hydrogens is 278 g/mol. The molecule has 0 saturated heterocycles. The Morgan fingerprint density at radius 2 is 2.05 bits per heavy atom. The number of halogens is 1. The summed E-state index contributed by atoms with van der Waals surface area (Å²) >= 11 is 0. The Hall–Kier alpha value is -1.85. The average molecular weight is 296 g/mol. The van der Waals surface area contributed by atoms with Crippen molar-refractivity contribution in [1.29, 1.82) is 0 Å². The van der Waals surface area contributed by atoms with Gasteiger partial charge in [0.05, 0.1) is 0 Å². The van der Waals surface area contributed by atoms with E-state index in [2.05, 4.69) is 10.5 Å². The van der Waals surface area contributed by atoms with Gasteiger partial charge < -0.3 is 15.6 Å². The van der Waals surface area contributed by atoms with Crippen LogP contribution in [0.15, 0.2) is 34.9 Å². The number of hydrogen-bond acceptors (Lipinski definition) is 4. The van der Waals surface area contributed by atoms with E-state index in [1.54, 1.807) is 6.07 Å². The van der Waals surface area contributed by atoms with Crippen molar-refractivity contribution < 1.29 is 9.32 Å². The number of nitrogens with zero attached hydrogens (tertiary/aromatic N) is 1. The number of benzene rings is 1. The van der Waals surface area contributed by atoms with Crippen LogP contribution in [0.1, 0.15) is 23.0 Å². The molecule has 0 saturated carbocycles. The van der Waals surface area contributed by atoms with Crippen LogP contribution >= 0.6 is 12.4 Å². The van der Waals surface area contributed by atoms with Crippen molar-refractivity contribution >= 4 is 18.3 Å². The predicted octanol–water partition coefficient (Wildman–Crippen LogP) is 2.15. The zero-order valence-electron chi connectivity index (χ0n) is 11.4. The molecule has 0 aliphatic heterocycles. The van der Waals surface area contributed by atoms with Gasteiger partial charge in [-0.15, -0.1) is 12.4 Å². The number of hydrogen-bond donors (Lipinski definition) is 2. The van der Waals surface area contributed by atoms with Crippen LogP contribution in [-0.4, -0.2) is 23.7 Å². The lowest BCUT2D eigenvalue weighted by Gasteiger charge is -2.08. The Bertz CT molecular complexity index is 566. The Morgan fingerprint density at radius 3 is 2.65 bits per heavy atom. The molecule has 0 spiro atoms. The summed E-state index contributed by atoms with van der Waals surface area (Å²) in [5, 5.41) is 6.63. The van der Waals surface area contributed by atoms with Gasteiger partial charge in [0.15, 0.2) is 0 Å². The van der Waals surface area contributed by atoms with Crippen molar-refractivity contribution in [3.05, 3.63) is 41.7 Å². The van der Waals surface area contributed by atoms with Crippen LogP contribution in [-0.2, 0) is 0 Å². The lowest BCUT2D eigenvalue weighted by atomic mass is 10.1. The zero-order chi connectivity index (χ0) is 13.8. The minimum Gasteiger partial charge on any atom is -0.350 e. The normalized spacial score (nSPS) is 11.6. The fourth-order valence-corrected chi connectivity index (χ4v) is 1.60. The van der Waals surface area contributed by atoms with Crippen LogP contribution < -0.4 is 11.1 Å². The maximum absolute atomic E-state index is 11.8. The maximum atomic E-state index is 11.8. The van der Waals surface area contributed by atoms with Crippen LogP contribution in [0.4, 0.5) is 0 Å². The van der Waals surface area contributed by atoms with Gasteiger partial charge in [0.25, 0.3) is 5.91 Å². The molecule has 0 radical (unpaired) electrons. The number of aromatic nitrogens is 1. The summed E-state index contributed by atoms with van der Waals surface area (Å²) in [5.74, 6) is -0.111. The molecule has 1 heterocycles. The van der Waals surface area contributed by atoms with Crippen LogP contribution in [0.2, 0.25) is 0 Å². The fourth-order valence-electron chi connectivity index (χ4n) is 1.60. The van der Waals surface area contributed by atoms with E-state index in [-0.39, 0.29) is 30.1 Å². The molecule has 6 heteroatoms. The van der Waals surface area contributed by atoms with Crippen molar-refractivity contribution in [2.75, 3.05) is 6.54 Å². The van der Waals surface area contributed by atoms with Crippen molar-refractivity contribution in [2.45, 2.75) is 19.9 Å². The van der Waals surface area contributed by atoms with Crippen LogP contribution in [0.5, 0.6) is 0 Å². The van der Waals surface area contributed by atoms with E-state index in [9.17, 15) is 4.79 Å². The predicted molar refractivity (Wildman–Crippen MR) is 79.9 cm³/mol. The maximum Gasteiger partial charge on any atom is 0.290 e. The van der Waals surface area contributed by atoms with E-state index in [0.717, 1.165) is 5.56 Å². The van der Waals surface area contributed by atoms with E-state index in [1.165, 1.54) is 5.56 Å². The van der Waals surface area contributed by atoms with E-state index < -0.39 is 0 Å². The summed E-state index contributed by atoms with van der Waals surface area (Å²) in [4.78, 5) is 11.8. The Labute approximate surface area is 123 Å². The summed E-state index contributed by atoms with van der Waals surface area (Å²) < 4.78 is 5.05. The summed E-state index contributed by atoms with van der Waals surface area (Å²) in [6.07, 6.45) is 0. The minimum atomic E-state index is -0.302. The number of nitrogens with two attached hydrogens (primary N) is 1. The van der Waals surface area contributed by atoms with Crippen molar-refractivity contribution in [1.82, 2.24) is 10.5 Å². The third kappa shape index (κ3) is 3.82. The zero-order valence-corrected chi connectivity index (χ0v) is 12.2. The van der Waals surface area contributed by atoms with Crippen molar-refractivity contribution in [3.63, 3.8) is 0 Å². The lowest BCUT2D eigenvalue weighted by Crippen LogP contribution is -2.37. The summed E-state index contributed by atoms with van der Waals surface area (Å²) in [6.45, 7) is 4.22. The SMILES string of the molecule is Cc1ccc(-c2cc(C(=O)N[C@@H](C)CN)on2)cc1.Cl. The van der Waals surface area contributed by atoms with E-state index in [0.29, 0.717) is 12.2 Å². The van der Waals surface area contributed by atoms with Gasteiger partial charge in [0.2, 0.25) is 5.76 Å². The molecule has 1 atom stereocenters. The van der Waals surface area contributed by atoms with Gasteiger partial charge in [-0.2, -0.15) is 0 Å². The molecule has 0 bridgehead atoms. The van der Waals surface area contributed by atoms with Gasteiger partial charge in [0.1, 0.15) is 5.69 Å². The summed E-state index contributed by atoms with van der Waals surface area (Å²) in [5.41, 5.74) is 8.18. The molecule has 1 aromatic heterocycles. The first-order valence-electron chi connectivity index (χ1n) is 6.15. The molecule has 5 nitrogen and oxygen atoms in total. The summed E-state index contributed by atoms with van der Waals surface area (Å²) in [6, 6.07) is 9.39. The number of amides is 1. The minimum absolute atomic E-state index is 0. The topological polar surface area (TPSA) is 81.2 Å². The van der Waals surface area contributed by atoms with Gasteiger partial charge in [-0.1, -0.05) is 35.0 Å². The van der Waals surface area contributed by atoms with Gasteiger partial charge in [-0.05, 0) is 13.8 Å². The molecule has 2 aromatic rings. The first-order valence-corrected chi connectivity index (χ1v) is 6.15. The Morgan fingerprint density at radius 1 is 1.40 bits per heavy atom. The van der Waals surface area contributed by atoms with Gasteiger partial charge >= 0.3 is 0 Å². The Balaban J connectivity index is 0.00000200. The Kier molecular flexibility index (Phi) is 5.73. The monoisotopic (exact) mass is 295 g/mol. The highest BCUT2D eigenvalue weighted by Crippen LogP contribution is 2.19. The van der Waals surface area contributed by atoms with Crippen molar-refractivity contribution in [2.24, 2.45) is 5.73 Å². The number of carbonyl (C=O) groups is 1. The second-order valence-corrected chi connectivity index (χ2v) is 4.55. The smallest absolute Gasteiger partial charge is 0.290 e. The molecule has 108 valence electrons. The second-order valence-electron chi connectivity index (χ2n) is 4.55. The number of aryl methyl sites for hydroxylation is 1. The average Bonchev–Trinajstić information content (AvgIpc) is 2.89. The highest BCUT2D eigenvalue weighted by atomic mass is 35.5. The highest BCUT2D eigenvalue weighted by Gasteiger charge is 2.15. The molecule has 0 fully saturated rings. The molecule has 0 aliphatic rings. The molecule has 1 aromatic carbocycles. The first-order chi connectivity index (χ1) is 9.10. The molecule has 0 aliphatic carbocycles. The summed E-state index contributed by atoms with van der Waals surface area (Å²) in [7, 11) is 0. The van der Waals surface area contributed by atoms with E-state index in [1.807, 2.05) is 38.1 Å².